The number of carbonyl (C=O) groups is 1. The lowest BCUT2D eigenvalue weighted by Crippen LogP contribution is -2.14. The number of hydrogen-bond donors (Lipinski definition) is 2. The predicted octanol–water partition coefficient (Wildman–Crippen LogP) is 4.42. The number of carbonyl (C=O) groups excluding carboxylic acids is 1. The lowest BCUT2D eigenvalue weighted by Gasteiger charge is -2.07. The average Bonchev–Trinajstić information content (AvgIpc) is 2.90. The summed E-state index contributed by atoms with van der Waals surface area (Å²) < 4.78 is 1.04. The fourth-order valence-corrected chi connectivity index (χ4v) is 2.57. The van der Waals surface area contributed by atoms with Crippen LogP contribution in [0.4, 0.5) is 5.69 Å². The first-order valence-corrected chi connectivity index (χ1v) is 7.53. The van der Waals surface area contributed by atoms with E-state index in [9.17, 15) is 4.79 Å². The van der Waals surface area contributed by atoms with Crippen LogP contribution in [0.3, 0.4) is 0 Å². The van der Waals surface area contributed by atoms with Crippen LogP contribution in [0, 0.1) is 6.92 Å². The van der Waals surface area contributed by atoms with Gasteiger partial charge in [-0.15, -0.1) is 0 Å². The highest BCUT2D eigenvalue weighted by Gasteiger charge is 2.06. The third-order valence-electron chi connectivity index (χ3n) is 3.42. The average molecular weight is 343 g/mol. The summed E-state index contributed by atoms with van der Waals surface area (Å²) in [5.41, 5.74) is 4.01. The molecule has 0 spiro atoms. The topological polar surface area (TPSA) is 44.9 Å². The minimum Gasteiger partial charge on any atom is -0.361 e. The standard InChI is InChI=1S/C17H15BrN2O/c1-11-8-14(3-4-15(11)18)20-17(21)10-12-2-5-16-13(9-12)6-7-19-16/h2-9,19H,10H2,1H3,(H,20,21). The summed E-state index contributed by atoms with van der Waals surface area (Å²) in [7, 11) is 0. The molecule has 4 heteroatoms. The van der Waals surface area contributed by atoms with Crippen LogP contribution in [-0.4, -0.2) is 10.9 Å². The molecule has 0 unspecified atom stereocenters. The Kier molecular flexibility index (Phi) is 3.80. The molecule has 2 N–H and O–H groups in total. The molecule has 3 aromatic rings. The fourth-order valence-electron chi connectivity index (χ4n) is 2.33. The van der Waals surface area contributed by atoms with Gasteiger partial charge in [0.05, 0.1) is 6.42 Å². The highest BCUT2D eigenvalue weighted by atomic mass is 79.9. The number of aromatic amines is 1. The Morgan fingerprint density at radius 3 is 2.86 bits per heavy atom. The van der Waals surface area contributed by atoms with Crippen LogP contribution >= 0.6 is 15.9 Å². The van der Waals surface area contributed by atoms with Crippen molar-refractivity contribution in [3.05, 3.63) is 64.3 Å². The number of halogens is 1. The monoisotopic (exact) mass is 342 g/mol. The summed E-state index contributed by atoms with van der Waals surface area (Å²) in [5, 5.41) is 4.06. The van der Waals surface area contributed by atoms with E-state index in [4.69, 9.17) is 0 Å². The SMILES string of the molecule is Cc1cc(NC(=O)Cc2ccc3[nH]ccc3c2)ccc1Br. The van der Waals surface area contributed by atoms with Gasteiger partial charge in [-0.2, -0.15) is 0 Å². The van der Waals surface area contributed by atoms with Gasteiger partial charge in [0, 0.05) is 21.9 Å². The Morgan fingerprint density at radius 1 is 1.19 bits per heavy atom. The second-order valence-corrected chi connectivity index (χ2v) is 5.94. The van der Waals surface area contributed by atoms with E-state index in [0.717, 1.165) is 32.2 Å². The maximum atomic E-state index is 12.1. The minimum atomic E-state index is -0.00777. The highest BCUT2D eigenvalue weighted by molar-refractivity contribution is 9.10. The summed E-state index contributed by atoms with van der Waals surface area (Å²) in [6, 6.07) is 13.8. The molecule has 21 heavy (non-hydrogen) atoms. The quantitative estimate of drug-likeness (QED) is 0.726. The van der Waals surface area contributed by atoms with Crippen LogP contribution in [-0.2, 0) is 11.2 Å². The Labute approximate surface area is 131 Å². The molecule has 2 aromatic carbocycles. The molecule has 0 saturated carbocycles. The van der Waals surface area contributed by atoms with E-state index in [1.54, 1.807) is 0 Å². The lowest BCUT2D eigenvalue weighted by atomic mass is 10.1. The van der Waals surface area contributed by atoms with Crippen molar-refractivity contribution in [3.8, 4) is 0 Å². The van der Waals surface area contributed by atoms with Crippen molar-refractivity contribution >= 4 is 38.4 Å². The number of anilines is 1. The van der Waals surface area contributed by atoms with Gasteiger partial charge in [0.15, 0.2) is 0 Å². The number of benzene rings is 2. The molecule has 0 bridgehead atoms. The molecule has 0 saturated heterocycles. The van der Waals surface area contributed by atoms with Crippen LogP contribution in [0.1, 0.15) is 11.1 Å². The maximum absolute atomic E-state index is 12.1. The summed E-state index contributed by atoms with van der Waals surface area (Å²) >= 11 is 3.45. The number of rotatable bonds is 3. The van der Waals surface area contributed by atoms with Crippen molar-refractivity contribution in [2.75, 3.05) is 5.32 Å². The fraction of sp³-hybridized carbons (Fsp3) is 0.118. The predicted molar refractivity (Wildman–Crippen MR) is 89.5 cm³/mol. The first-order valence-electron chi connectivity index (χ1n) is 6.74. The molecule has 0 radical (unpaired) electrons. The Hall–Kier alpha value is -2.07. The van der Waals surface area contributed by atoms with E-state index < -0.39 is 0 Å². The molecular formula is C17H15BrN2O. The van der Waals surface area contributed by atoms with E-state index in [1.165, 1.54) is 0 Å². The third kappa shape index (κ3) is 3.16. The van der Waals surface area contributed by atoms with Crippen LogP contribution in [0.5, 0.6) is 0 Å². The minimum absolute atomic E-state index is 0.00777. The van der Waals surface area contributed by atoms with Gasteiger partial charge in [0.2, 0.25) is 5.91 Å². The molecule has 1 aromatic heterocycles. The van der Waals surface area contributed by atoms with Crippen LogP contribution in [0.2, 0.25) is 0 Å². The molecule has 106 valence electrons. The summed E-state index contributed by atoms with van der Waals surface area (Å²) in [6.07, 6.45) is 2.27. The third-order valence-corrected chi connectivity index (χ3v) is 4.31. The van der Waals surface area contributed by atoms with E-state index in [0.29, 0.717) is 6.42 Å². The van der Waals surface area contributed by atoms with Gasteiger partial charge in [-0.1, -0.05) is 22.0 Å². The van der Waals surface area contributed by atoms with Crippen LogP contribution in [0.15, 0.2) is 53.1 Å². The Morgan fingerprint density at radius 2 is 2.05 bits per heavy atom. The van der Waals surface area contributed by atoms with E-state index in [-0.39, 0.29) is 5.91 Å². The van der Waals surface area contributed by atoms with Gasteiger partial charge >= 0.3 is 0 Å². The molecule has 3 nitrogen and oxygen atoms in total. The molecule has 0 aliphatic carbocycles. The van der Waals surface area contributed by atoms with Crippen molar-refractivity contribution < 1.29 is 4.79 Å². The van der Waals surface area contributed by atoms with E-state index in [2.05, 4.69) is 26.2 Å². The second-order valence-electron chi connectivity index (χ2n) is 5.09. The molecular weight excluding hydrogens is 328 g/mol. The zero-order valence-corrected chi connectivity index (χ0v) is 13.2. The summed E-state index contributed by atoms with van der Waals surface area (Å²) in [5.74, 6) is -0.00777. The van der Waals surface area contributed by atoms with Crippen LogP contribution in [0.25, 0.3) is 10.9 Å². The number of amides is 1. The summed E-state index contributed by atoms with van der Waals surface area (Å²) in [6.45, 7) is 2.00. The molecule has 1 heterocycles. The number of aromatic nitrogens is 1. The van der Waals surface area contributed by atoms with Crippen molar-refractivity contribution in [1.82, 2.24) is 4.98 Å². The van der Waals surface area contributed by atoms with Gasteiger partial charge in [-0.3, -0.25) is 4.79 Å². The summed E-state index contributed by atoms with van der Waals surface area (Å²) in [4.78, 5) is 15.3. The van der Waals surface area contributed by atoms with Gasteiger partial charge in [0.1, 0.15) is 0 Å². The van der Waals surface area contributed by atoms with Crippen molar-refractivity contribution in [2.45, 2.75) is 13.3 Å². The first kappa shape index (κ1) is 13.9. The number of fused-ring (bicyclic) bond motifs is 1. The largest absolute Gasteiger partial charge is 0.361 e. The zero-order valence-electron chi connectivity index (χ0n) is 11.6. The second kappa shape index (κ2) is 5.74. The molecule has 1 amide bonds. The zero-order chi connectivity index (χ0) is 14.8. The van der Waals surface area contributed by atoms with Gasteiger partial charge in [-0.25, -0.2) is 0 Å². The maximum Gasteiger partial charge on any atom is 0.228 e. The van der Waals surface area contributed by atoms with Crippen LogP contribution < -0.4 is 5.32 Å². The highest BCUT2D eigenvalue weighted by Crippen LogP contribution is 2.20. The van der Waals surface area contributed by atoms with E-state index in [1.807, 2.05) is 55.6 Å². The number of hydrogen-bond acceptors (Lipinski definition) is 1. The molecule has 3 rings (SSSR count). The van der Waals surface area contributed by atoms with Crippen molar-refractivity contribution in [1.29, 1.82) is 0 Å². The van der Waals surface area contributed by atoms with E-state index >= 15 is 0 Å². The van der Waals surface area contributed by atoms with Crippen molar-refractivity contribution in [2.24, 2.45) is 0 Å². The number of aryl methyl sites for hydroxylation is 1. The van der Waals surface area contributed by atoms with Gasteiger partial charge < -0.3 is 10.3 Å². The smallest absolute Gasteiger partial charge is 0.228 e. The Bertz CT molecular complexity index is 807. The molecule has 0 aliphatic heterocycles. The van der Waals surface area contributed by atoms with Gasteiger partial charge in [-0.05, 0) is 59.8 Å². The Balaban J connectivity index is 1.71. The first-order chi connectivity index (χ1) is 10.1. The normalized spacial score (nSPS) is 10.8. The molecule has 0 atom stereocenters. The molecule has 0 aliphatic rings. The van der Waals surface area contributed by atoms with Gasteiger partial charge in [0.25, 0.3) is 0 Å². The molecule has 0 fully saturated rings. The lowest BCUT2D eigenvalue weighted by molar-refractivity contribution is -0.115. The number of H-pyrrole nitrogens is 1. The van der Waals surface area contributed by atoms with Crippen molar-refractivity contribution in [3.63, 3.8) is 0 Å². The number of nitrogens with one attached hydrogen (secondary N) is 2.